The van der Waals surface area contributed by atoms with E-state index in [0.717, 1.165) is 24.3 Å². The number of benzene rings is 2. The zero-order valence-electron chi connectivity index (χ0n) is 11.4. The van der Waals surface area contributed by atoms with Crippen molar-refractivity contribution in [2.24, 2.45) is 5.73 Å². The van der Waals surface area contributed by atoms with Crippen LogP contribution in [0.3, 0.4) is 0 Å². The lowest BCUT2D eigenvalue weighted by molar-refractivity contribution is 0.481. The summed E-state index contributed by atoms with van der Waals surface area (Å²) in [6.07, 6.45) is 1.84. The Balaban J connectivity index is 0.00000200. The fourth-order valence-electron chi connectivity index (χ4n) is 1.82. The lowest BCUT2D eigenvalue weighted by atomic mass is 10.0. The first kappa shape index (κ1) is 16.8. The third kappa shape index (κ3) is 5.04. The minimum Gasteiger partial charge on any atom is -0.457 e. The summed E-state index contributed by atoms with van der Waals surface area (Å²) < 4.78 is 5.79. The van der Waals surface area contributed by atoms with Crippen LogP contribution in [0.5, 0.6) is 11.5 Å². The zero-order chi connectivity index (χ0) is 13.7. The smallest absolute Gasteiger partial charge is 0.127 e. The Hall–Kier alpha value is -1.22. The lowest BCUT2D eigenvalue weighted by Crippen LogP contribution is -2.21. The first-order valence-corrected chi connectivity index (χ1v) is 6.83. The molecule has 1 unspecified atom stereocenters. The molecule has 0 bridgehead atoms. The Bertz CT molecular complexity index is 528. The van der Waals surface area contributed by atoms with E-state index in [2.05, 4.69) is 13.0 Å². The lowest BCUT2D eigenvalue weighted by Gasteiger charge is -2.11. The molecular weight excluding hydrogens is 293 g/mol. The van der Waals surface area contributed by atoms with E-state index in [1.165, 1.54) is 5.56 Å². The van der Waals surface area contributed by atoms with Gasteiger partial charge in [0.1, 0.15) is 11.5 Å². The summed E-state index contributed by atoms with van der Waals surface area (Å²) in [6, 6.07) is 15.6. The molecule has 4 heteroatoms. The zero-order valence-corrected chi connectivity index (χ0v) is 13.0. The van der Waals surface area contributed by atoms with Gasteiger partial charge < -0.3 is 10.5 Å². The van der Waals surface area contributed by atoms with Crippen LogP contribution >= 0.6 is 24.0 Å². The summed E-state index contributed by atoms with van der Waals surface area (Å²) in [6.45, 7) is 2.10. The van der Waals surface area contributed by atoms with Crippen molar-refractivity contribution in [1.29, 1.82) is 0 Å². The van der Waals surface area contributed by atoms with Crippen LogP contribution in [0, 0.1) is 0 Å². The van der Waals surface area contributed by atoms with Crippen LogP contribution in [0.1, 0.15) is 18.9 Å². The third-order valence-corrected chi connectivity index (χ3v) is 3.22. The van der Waals surface area contributed by atoms with E-state index in [9.17, 15) is 0 Å². The molecule has 20 heavy (non-hydrogen) atoms. The van der Waals surface area contributed by atoms with E-state index in [0.29, 0.717) is 5.02 Å². The number of hydrogen-bond acceptors (Lipinski definition) is 2. The molecule has 0 radical (unpaired) electrons. The Kier molecular flexibility index (Phi) is 6.86. The minimum absolute atomic E-state index is 0. The van der Waals surface area contributed by atoms with Crippen LogP contribution in [0.25, 0.3) is 0 Å². The average molecular weight is 312 g/mol. The van der Waals surface area contributed by atoms with Crippen molar-refractivity contribution in [3.05, 3.63) is 59.1 Å². The van der Waals surface area contributed by atoms with Gasteiger partial charge in [0.15, 0.2) is 0 Å². The normalized spacial score (nSPS) is 11.6. The van der Waals surface area contributed by atoms with Crippen molar-refractivity contribution in [1.82, 2.24) is 0 Å². The number of nitrogens with two attached hydrogens (primary N) is 1. The molecule has 2 N–H and O–H groups in total. The maximum atomic E-state index is 5.97. The quantitative estimate of drug-likeness (QED) is 0.858. The summed E-state index contributed by atoms with van der Waals surface area (Å²) in [5.41, 5.74) is 7.16. The van der Waals surface area contributed by atoms with Gasteiger partial charge in [0.05, 0.1) is 0 Å². The molecular formula is C16H19Cl2NO. The predicted molar refractivity (Wildman–Crippen MR) is 87.2 cm³/mol. The Morgan fingerprint density at radius 2 is 1.80 bits per heavy atom. The standard InChI is InChI=1S/C16H18ClNO.ClH/c1-2-14(18)10-12-4-3-5-16(11-12)19-15-8-6-13(17)7-9-15;/h3-9,11,14H,2,10,18H2,1H3;1H. The maximum Gasteiger partial charge on any atom is 0.127 e. The molecule has 0 aromatic heterocycles. The second-order valence-electron chi connectivity index (χ2n) is 4.58. The van der Waals surface area contributed by atoms with Gasteiger partial charge in [-0.05, 0) is 54.8 Å². The molecule has 2 aromatic carbocycles. The molecule has 0 saturated carbocycles. The highest BCUT2D eigenvalue weighted by Gasteiger charge is 2.03. The molecule has 0 aliphatic rings. The van der Waals surface area contributed by atoms with Crippen molar-refractivity contribution in [2.45, 2.75) is 25.8 Å². The molecule has 0 saturated heterocycles. The molecule has 0 heterocycles. The Morgan fingerprint density at radius 1 is 1.10 bits per heavy atom. The van der Waals surface area contributed by atoms with Crippen molar-refractivity contribution in [2.75, 3.05) is 0 Å². The fraction of sp³-hybridized carbons (Fsp3) is 0.250. The Labute approximate surface area is 131 Å². The van der Waals surface area contributed by atoms with Crippen LogP contribution in [0.15, 0.2) is 48.5 Å². The van der Waals surface area contributed by atoms with Gasteiger partial charge >= 0.3 is 0 Å². The first-order chi connectivity index (χ1) is 9.17. The maximum absolute atomic E-state index is 5.97. The molecule has 1 atom stereocenters. The fourth-order valence-corrected chi connectivity index (χ4v) is 1.95. The molecule has 2 nitrogen and oxygen atoms in total. The van der Waals surface area contributed by atoms with Crippen LogP contribution < -0.4 is 10.5 Å². The highest BCUT2D eigenvalue weighted by Crippen LogP contribution is 2.24. The highest BCUT2D eigenvalue weighted by molar-refractivity contribution is 6.30. The van der Waals surface area contributed by atoms with Gasteiger partial charge in [-0.1, -0.05) is 30.7 Å². The SMILES string of the molecule is CCC(N)Cc1cccc(Oc2ccc(Cl)cc2)c1.Cl. The van der Waals surface area contributed by atoms with Crippen molar-refractivity contribution in [3.63, 3.8) is 0 Å². The number of halogens is 2. The molecule has 2 rings (SSSR count). The van der Waals surface area contributed by atoms with E-state index in [-0.39, 0.29) is 18.4 Å². The van der Waals surface area contributed by atoms with Crippen molar-refractivity contribution in [3.8, 4) is 11.5 Å². The minimum atomic E-state index is 0. The van der Waals surface area contributed by atoms with Gasteiger partial charge in [0, 0.05) is 11.1 Å². The summed E-state index contributed by atoms with van der Waals surface area (Å²) in [4.78, 5) is 0. The Morgan fingerprint density at radius 3 is 2.45 bits per heavy atom. The largest absolute Gasteiger partial charge is 0.457 e. The number of rotatable bonds is 5. The summed E-state index contributed by atoms with van der Waals surface area (Å²) in [5.74, 6) is 1.60. The van der Waals surface area contributed by atoms with E-state index in [1.807, 2.05) is 42.5 Å². The van der Waals surface area contributed by atoms with Crippen LogP contribution in [-0.4, -0.2) is 6.04 Å². The molecule has 0 fully saturated rings. The summed E-state index contributed by atoms with van der Waals surface area (Å²) in [5, 5.41) is 0.704. The number of hydrogen-bond donors (Lipinski definition) is 1. The van der Waals surface area contributed by atoms with Crippen LogP contribution in [-0.2, 0) is 6.42 Å². The van der Waals surface area contributed by atoms with Gasteiger partial charge in [-0.3, -0.25) is 0 Å². The third-order valence-electron chi connectivity index (χ3n) is 2.97. The van der Waals surface area contributed by atoms with Crippen molar-refractivity contribution < 1.29 is 4.74 Å². The second-order valence-corrected chi connectivity index (χ2v) is 5.01. The predicted octanol–water partition coefficient (Wildman–Crippen LogP) is 4.83. The molecule has 0 amide bonds. The van der Waals surface area contributed by atoms with Crippen LogP contribution in [0.4, 0.5) is 0 Å². The van der Waals surface area contributed by atoms with E-state index >= 15 is 0 Å². The highest BCUT2D eigenvalue weighted by atomic mass is 35.5. The van der Waals surface area contributed by atoms with E-state index < -0.39 is 0 Å². The number of ether oxygens (including phenoxy) is 1. The van der Waals surface area contributed by atoms with Gasteiger partial charge in [-0.2, -0.15) is 0 Å². The molecule has 2 aromatic rings. The molecule has 0 aliphatic carbocycles. The van der Waals surface area contributed by atoms with Gasteiger partial charge in [0.2, 0.25) is 0 Å². The van der Waals surface area contributed by atoms with E-state index in [4.69, 9.17) is 22.1 Å². The van der Waals surface area contributed by atoms with Crippen LogP contribution in [0.2, 0.25) is 5.02 Å². The molecule has 0 spiro atoms. The van der Waals surface area contributed by atoms with E-state index in [1.54, 1.807) is 0 Å². The summed E-state index contributed by atoms with van der Waals surface area (Å²) >= 11 is 5.84. The first-order valence-electron chi connectivity index (χ1n) is 6.45. The van der Waals surface area contributed by atoms with Gasteiger partial charge in [0.25, 0.3) is 0 Å². The topological polar surface area (TPSA) is 35.2 Å². The average Bonchev–Trinajstić information content (AvgIpc) is 2.42. The monoisotopic (exact) mass is 311 g/mol. The van der Waals surface area contributed by atoms with Gasteiger partial charge in [-0.25, -0.2) is 0 Å². The van der Waals surface area contributed by atoms with Gasteiger partial charge in [-0.15, -0.1) is 12.4 Å². The molecule has 108 valence electrons. The summed E-state index contributed by atoms with van der Waals surface area (Å²) in [7, 11) is 0. The molecule has 0 aliphatic heterocycles. The second kappa shape index (κ2) is 8.15. The van der Waals surface area contributed by atoms with Crippen molar-refractivity contribution >= 4 is 24.0 Å².